The normalized spacial score (nSPS) is 11.1. The number of benzene rings is 1. The third-order valence-corrected chi connectivity index (χ3v) is 2.31. The highest BCUT2D eigenvalue weighted by Gasteiger charge is 1.99. The quantitative estimate of drug-likeness (QED) is 0.870. The number of amides is 1. The first-order valence-corrected chi connectivity index (χ1v) is 5.13. The van der Waals surface area contributed by atoms with Crippen molar-refractivity contribution < 1.29 is 9.21 Å². The molecular formula is C13H11NO3. The molecule has 0 aliphatic heterocycles. The van der Waals surface area contributed by atoms with Crippen molar-refractivity contribution in [1.29, 1.82) is 0 Å². The van der Waals surface area contributed by atoms with Crippen LogP contribution in [0.15, 0.2) is 45.8 Å². The Bertz CT molecular complexity index is 640. The molecule has 0 spiro atoms. The molecule has 0 fully saturated rings. The van der Waals surface area contributed by atoms with Crippen LogP contribution in [-0.4, -0.2) is 5.91 Å². The number of fused-ring (bicyclic) bond motifs is 1. The Labute approximate surface area is 97.4 Å². The van der Waals surface area contributed by atoms with Gasteiger partial charge in [-0.2, -0.15) is 0 Å². The minimum atomic E-state index is -0.387. The predicted octanol–water partition coefficient (Wildman–Crippen LogP) is 1.68. The van der Waals surface area contributed by atoms with E-state index in [2.05, 4.69) is 0 Å². The topological polar surface area (TPSA) is 73.3 Å². The van der Waals surface area contributed by atoms with Gasteiger partial charge in [-0.05, 0) is 17.7 Å². The minimum absolute atomic E-state index is 0.0867. The van der Waals surface area contributed by atoms with Gasteiger partial charge >= 0.3 is 0 Å². The van der Waals surface area contributed by atoms with Crippen LogP contribution in [0.25, 0.3) is 17.0 Å². The smallest absolute Gasteiger partial charge is 0.221 e. The van der Waals surface area contributed by atoms with Crippen molar-refractivity contribution >= 4 is 23.0 Å². The summed E-state index contributed by atoms with van der Waals surface area (Å²) in [6, 6.07) is 6.63. The van der Waals surface area contributed by atoms with Crippen molar-refractivity contribution in [3.8, 4) is 0 Å². The van der Waals surface area contributed by atoms with Crippen molar-refractivity contribution in [1.82, 2.24) is 0 Å². The van der Waals surface area contributed by atoms with Crippen LogP contribution in [0.1, 0.15) is 12.0 Å². The highest BCUT2D eigenvalue weighted by Crippen LogP contribution is 2.13. The Morgan fingerprint density at radius 3 is 2.94 bits per heavy atom. The van der Waals surface area contributed by atoms with Crippen molar-refractivity contribution in [2.24, 2.45) is 5.73 Å². The molecule has 1 aromatic carbocycles. The van der Waals surface area contributed by atoms with E-state index >= 15 is 0 Å². The maximum Gasteiger partial charge on any atom is 0.221 e. The van der Waals surface area contributed by atoms with Gasteiger partial charge in [0.25, 0.3) is 0 Å². The molecule has 4 nitrogen and oxygen atoms in total. The molecule has 0 radical (unpaired) electrons. The number of primary amides is 1. The number of rotatable bonds is 3. The molecule has 0 unspecified atom stereocenters. The van der Waals surface area contributed by atoms with E-state index < -0.39 is 0 Å². The molecule has 2 N–H and O–H groups in total. The fraction of sp³-hybridized carbons (Fsp3) is 0.0769. The van der Waals surface area contributed by atoms with Crippen molar-refractivity contribution in [2.45, 2.75) is 6.42 Å². The standard InChI is InChI=1S/C13H11NO3/c14-13(16)3-1-2-9-4-5-12-10(8-9)11(15)6-7-17-12/h1-2,4-8H,3H2,(H2,14,16). The second kappa shape index (κ2) is 4.65. The molecule has 1 amide bonds. The lowest BCUT2D eigenvalue weighted by molar-refractivity contribution is -0.117. The summed E-state index contributed by atoms with van der Waals surface area (Å²) in [6.07, 6.45) is 4.96. The van der Waals surface area contributed by atoms with Gasteiger partial charge in [0.1, 0.15) is 5.58 Å². The number of nitrogens with two attached hydrogens (primary N) is 1. The molecule has 0 aliphatic rings. The zero-order chi connectivity index (χ0) is 12.3. The summed E-state index contributed by atoms with van der Waals surface area (Å²) in [5, 5.41) is 0.522. The molecule has 0 saturated heterocycles. The monoisotopic (exact) mass is 229 g/mol. The Hall–Kier alpha value is -2.36. The summed E-state index contributed by atoms with van der Waals surface area (Å²) < 4.78 is 5.19. The molecule has 2 rings (SSSR count). The summed E-state index contributed by atoms with van der Waals surface area (Å²) in [4.78, 5) is 22.1. The molecule has 0 saturated carbocycles. The number of carbonyl (C=O) groups is 1. The van der Waals surface area contributed by atoms with E-state index in [0.29, 0.717) is 11.0 Å². The van der Waals surface area contributed by atoms with Gasteiger partial charge in [0.2, 0.25) is 5.91 Å². The number of hydrogen-bond donors (Lipinski definition) is 1. The van der Waals surface area contributed by atoms with Crippen LogP contribution in [0.4, 0.5) is 0 Å². The van der Waals surface area contributed by atoms with Crippen LogP contribution >= 0.6 is 0 Å². The van der Waals surface area contributed by atoms with E-state index in [0.717, 1.165) is 5.56 Å². The third-order valence-electron chi connectivity index (χ3n) is 2.31. The third kappa shape index (κ3) is 2.60. The Balaban J connectivity index is 2.38. The lowest BCUT2D eigenvalue weighted by Gasteiger charge is -1.97. The summed E-state index contributed by atoms with van der Waals surface area (Å²) in [5.74, 6) is -0.387. The van der Waals surface area contributed by atoms with Gasteiger partial charge in [-0.25, -0.2) is 0 Å². The first kappa shape index (κ1) is 11.1. The second-order valence-electron chi connectivity index (χ2n) is 3.61. The molecule has 1 aromatic heterocycles. The molecule has 17 heavy (non-hydrogen) atoms. The molecular weight excluding hydrogens is 218 g/mol. The van der Waals surface area contributed by atoms with Crippen molar-refractivity contribution in [2.75, 3.05) is 0 Å². The lowest BCUT2D eigenvalue weighted by Crippen LogP contribution is -2.07. The van der Waals surface area contributed by atoms with Crippen LogP contribution in [0, 0.1) is 0 Å². The predicted molar refractivity (Wildman–Crippen MR) is 65.3 cm³/mol. The summed E-state index contributed by atoms with van der Waals surface area (Å²) in [5.41, 5.74) is 6.31. The maximum absolute atomic E-state index is 11.6. The van der Waals surface area contributed by atoms with Gasteiger partial charge in [0.15, 0.2) is 5.43 Å². The van der Waals surface area contributed by atoms with Gasteiger partial charge < -0.3 is 10.2 Å². The van der Waals surface area contributed by atoms with Gasteiger partial charge in [0.05, 0.1) is 11.6 Å². The minimum Gasteiger partial charge on any atom is -0.464 e. The van der Waals surface area contributed by atoms with Gasteiger partial charge in [0, 0.05) is 12.5 Å². The van der Waals surface area contributed by atoms with E-state index in [4.69, 9.17) is 10.2 Å². The second-order valence-corrected chi connectivity index (χ2v) is 3.61. The molecule has 0 bridgehead atoms. The summed E-state index contributed by atoms with van der Waals surface area (Å²) in [7, 11) is 0. The van der Waals surface area contributed by atoms with Gasteiger partial charge in [-0.1, -0.05) is 18.2 Å². The van der Waals surface area contributed by atoms with Crippen LogP contribution < -0.4 is 11.2 Å². The summed E-state index contributed by atoms with van der Waals surface area (Å²) >= 11 is 0. The van der Waals surface area contributed by atoms with E-state index in [-0.39, 0.29) is 17.8 Å². The van der Waals surface area contributed by atoms with E-state index in [1.165, 1.54) is 12.3 Å². The highest BCUT2D eigenvalue weighted by atomic mass is 16.3. The number of hydrogen-bond acceptors (Lipinski definition) is 3. The Morgan fingerprint density at radius 1 is 1.35 bits per heavy atom. The van der Waals surface area contributed by atoms with Crippen LogP contribution in [0.3, 0.4) is 0 Å². The first-order valence-electron chi connectivity index (χ1n) is 5.13. The molecule has 2 aromatic rings. The van der Waals surface area contributed by atoms with E-state index in [1.54, 1.807) is 24.3 Å². The first-order chi connectivity index (χ1) is 8.16. The SMILES string of the molecule is NC(=O)CC=Cc1ccc2occc(=O)c2c1. The van der Waals surface area contributed by atoms with E-state index in [9.17, 15) is 9.59 Å². The fourth-order valence-electron chi connectivity index (χ4n) is 1.52. The zero-order valence-corrected chi connectivity index (χ0v) is 9.05. The number of carbonyl (C=O) groups excluding carboxylic acids is 1. The molecule has 4 heteroatoms. The lowest BCUT2D eigenvalue weighted by atomic mass is 10.1. The molecule has 86 valence electrons. The average molecular weight is 229 g/mol. The Morgan fingerprint density at radius 2 is 2.18 bits per heavy atom. The maximum atomic E-state index is 11.6. The van der Waals surface area contributed by atoms with Crippen molar-refractivity contribution in [3.63, 3.8) is 0 Å². The highest BCUT2D eigenvalue weighted by molar-refractivity contribution is 5.80. The zero-order valence-electron chi connectivity index (χ0n) is 9.05. The average Bonchev–Trinajstić information content (AvgIpc) is 2.30. The van der Waals surface area contributed by atoms with Crippen LogP contribution in [0.2, 0.25) is 0 Å². The molecule has 1 heterocycles. The molecule has 0 atom stereocenters. The van der Waals surface area contributed by atoms with E-state index in [1.807, 2.05) is 6.07 Å². The Kier molecular flexibility index (Phi) is 3.05. The van der Waals surface area contributed by atoms with Gasteiger partial charge in [-0.15, -0.1) is 0 Å². The van der Waals surface area contributed by atoms with Crippen molar-refractivity contribution in [3.05, 3.63) is 52.4 Å². The summed E-state index contributed by atoms with van der Waals surface area (Å²) in [6.45, 7) is 0. The van der Waals surface area contributed by atoms with Crippen LogP contribution in [-0.2, 0) is 4.79 Å². The molecule has 0 aliphatic carbocycles. The largest absolute Gasteiger partial charge is 0.464 e. The van der Waals surface area contributed by atoms with Crippen LogP contribution in [0.5, 0.6) is 0 Å². The fourth-order valence-corrected chi connectivity index (χ4v) is 1.52. The van der Waals surface area contributed by atoms with Gasteiger partial charge in [-0.3, -0.25) is 9.59 Å².